The summed E-state index contributed by atoms with van der Waals surface area (Å²) in [6, 6.07) is 1.65. The summed E-state index contributed by atoms with van der Waals surface area (Å²) in [5, 5.41) is 19.3. The summed E-state index contributed by atoms with van der Waals surface area (Å²) in [4.78, 5) is 11.8. The highest BCUT2D eigenvalue weighted by molar-refractivity contribution is 7.07. The van der Waals surface area contributed by atoms with Crippen LogP contribution in [0.1, 0.15) is 37.4 Å². The number of rotatable bonds is 8. The van der Waals surface area contributed by atoms with Gasteiger partial charge in [-0.2, -0.15) is 11.3 Å². The summed E-state index contributed by atoms with van der Waals surface area (Å²) < 4.78 is 5.14. The monoisotopic (exact) mass is 312 g/mol. The fraction of sp³-hybridized carbons (Fsp3) is 0.667. The predicted octanol–water partition coefficient (Wildman–Crippen LogP) is 2.29. The maximum absolute atomic E-state index is 11.8. The molecule has 5 nitrogen and oxygen atoms in total. The molecule has 1 fully saturated rings. The second-order valence-corrected chi connectivity index (χ2v) is 6.51. The van der Waals surface area contributed by atoms with E-state index in [1.807, 2.05) is 16.8 Å². The van der Waals surface area contributed by atoms with E-state index < -0.39 is 6.10 Å². The quantitative estimate of drug-likeness (QED) is 0.690. The van der Waals surface area contributed by atoms with Crippen LogP contribution in [0.2, 0.25) is 0 Å². The first kappa shape index (κ1) is 16.3. The molecule has 3 N–H and O–H groups in total. The summed E-state index contributed by atoms with van der Waals surface area (Å²) in [5.74, 6) is 0. The lowest BCUT2D eigenvalue weighted by atomic mass is 9.67. The van der Waals surface area contributed by atoms with Crippen molar-refractivity contribution in [2.45, 2.75) is 31.8 Å². The minimum atomic E-state index is -0.645. The van der Waals surface area contributed by atoms with Gasteiger partial charge in [-0.1, -0.05) is 6.42 Å². The maximum Gasteiger partial charge on any atom is 0.314 e. The topological polar surface area (TPSA) is 70.6 Å². The van der Waals surface area contributed by atoms with Crippen LogP contribution in [0, 0.1) is 5.41 Å². The Hall–Kier alpha value is -1.11. The van der Waals surface area contributed by atoms with Gasteiger partial charge in [-0.15, -0.1) is 0 Å². The van der Waals surface area contributed by atoms with Crippen LogP contribution in [0.4, 0.5) is 4.79 Å². The number of amides is 2. The Labute approximate surface area is 129 Å². The van der Waals surface area contributed by atoms with Crippen molar-refractivity contribution in [3.8, 4) is 0 Å². The zero-order valence-electron chi connectivity index (χ0n) is 12.4. The highest BCUT2D eigenvalue weighted by Crippen LogP contribution is 2.43. The van der Waals surface area contributed by atoms with Crippen LogP contribution in [0.25, 0.3) is 0 Å². The van der Waals surface area contributed by atoms with Crippen molar-refractivity contribution in [2.75, 3.05) is 26.8 Å². The minimum absolute atomic E-state index is 0.208. The minimum Gasteiger partial charge on any atom is -0.387 e. The Kier molecular flexibility index (Phi) is 6.02. The molecule has 1 aliphatic rings. The van der Waals surface area contributed by atoms with Crippen molar-refractivity contribution in [3.05, 3.63) is 22.4 Å². The molecule has 1 aromatic rings. The number of hydrogen-bond acceptors (Lipinski definition) is 4. The van der Waals surface area contributed by atoms with Gasteiger partial charge in [-0.05, 0) is 47.1 Å². The average molecular weight is 312 g/mol. The third kappa shape index (κ3) is 4.69. The lowest BCUT2D eigenvalue weighted by molar-refractivity contribution is 0.0710. The van der Waals surface area contributed by atoms with E-state index in [4.69, 9.17) is 4.74 Å². The normalized spacial score (nSPS) is 17.8. The number of nitrogens with one attached hydrogen (secondary N) is 2. The lowest BCUT2D eigenvalue weighted by Crippen LogP contribution is -2.46. The molecule has 0 aliphatic heterocycles. The van der Waals surface area contributed by atoms with Gasteiger partial charge in [-0.3, -0.25) is 0 Å². The Morgan fingerprint density at radius 2 is 2.33 bits per heavy atom. The van der Waals surface area contributed by atoms with E-state index in [1.54, 1.807) is 7.11 Å². The van der Waals surface area contributed by atoms with Gasteiger partial charge in [0.1, 0.15) is 0 Å². The number of thiophene rings is 1. The van der Waals surface area contributed by atoms with E-state index in [2.05, 4.69) is 10.6 Å². The molecule has 1 aromatic heterocycles. The molecule has 1 atom stereocenters. The summed E-state index contributed by atoms with van der Waals surface area (Å²) in [6.45, 7) is 1.64. The highest BCUT2D eigenvalue weighted by Gasteiger charge is 2.36. The summed E-state index contributed by atoms with van der Waals surface area (Å²) in [7, 11) is 1.71. The molecule has 1 heterocycles. The van der Waals surface area contributed by atoms with E-state index in [1.165, 1.54) is 17.8 Å². The second-order valence-electron chi connectivity index (χ2n) is 5.73. The van der Waals surface area contributed by atoms with E-state index in [0.29, 0.717) is 6.54 Å². The molecular weight excluding hydrogens is 288 g/mol. The molecule has 0 radical (unpaired) electrons. The summed E-state index contributed by atoms with van der Waals surface area (Å²) >= 11 is 1.53. The van der Waals surface area contributed by atoms with Gasteiger partial charge in [-0.25, -0.2) is 4.79 Å². The first-order chi connectivity index (χ1) is 10.2. The second kappa shape index (κ2) is 7.77. The van der Waals surface area contributed by atoms with Crippen LogP contribution in [0.3, 0.4) is 0 Å². The Bertz CT molecular complexity index is 432. The van der Waals surface area contributed by atoms with Crippen LogP contribution in [-0.2, 0) is 4.74 Å². The first-order valence-electron chi connectivity index (χ1n) is 7.36. The molecule has 0 bridgehead atoms. The summed E-state index contributed by atoms with van der Waals surface area (Å²) in [6.07, 6.45) is 3.86. The Morgan fingerprint density at radius 1 is 1.52 bits per heavy atom. The molecule has 6 heteroatoms. The number of carbonyl (C=O) groups is 1. The van der Waals surface area contributed by atoms with Gasteiger partial charge >= 0.3 is 6.03 Å². The zero-order valence-corrected chi connectivity index (χ0v) is 13.2. The van der Waals surface area contributed by atoms with Crippen molar-refractivity contribution in [1.29, 1.82) is 0 Å². The van der Waals surface area contributed by atoms with Crippen molar-refractivity contribution < 1.29 is 14.6 Å². The van der Waals surface area contributed by atoms with Crippen LogP contribution in [0.15, 0.2) is 16.8 Å². The molecule has 2 rings (SSSR count). The molecule has 2 amide bonds. The van der Waals surface area contributed by atoms with Crippen molar-refractivity contribution in [3.63, 3.8) is 0 Å². The third-order valence-electron chi connectivity index (χ3n) is 4.26. The number of methoxy groups -OCH3 is 1. The van der Waals surface area contributed by atoms with Gasteiger partial charge < -0.3 is 20.5 Å². The van der Waals surface area contributed by atoms with Crippen molar-refractivity contribution in [1.82, 2.24) is 10.6 Å². The number of ether oxygens (including phenoxy) is 1. The number of aliphatic hydroxyl groups excluding tert-OH is 1. The predicted molar refractivity (Wildman–Crippen MR) is 83.5 cm³/mol. The molecule has 1 unspecified atom stereocenters. The lowest BCUT2D eigenvalue weighted by Gasteiger charge is -2.42. The largest absolute Gasteiger partial charge is 0.387 e. The SMILES string of the molecule is COCCC1(CNC(=O)NCC(O)c2ccsc2)CCC1. The fourth-order valence-electron chi connectivity index (χ4n) is 2.61. The van der Waals surface area contributed by atoms with Crippen LogP contribution in [0.5, 0.6) is 0 Å². The van der Waals surface area contributed by atoms with Gasteiger partial charge in [0.05, 0.1) is 6.10 Å². The number of hydrogen-bond donors (Lipinski definition) is 3. The molecule has 1 saturated carbocycles. The van der Waals surface area contributed by atoms with Crippen LogP contribution < -0.4 is 10.6 Å². The number of urea groups is 1. The number of carbonyl (C=O) groups excluding carboxylic acids is 1. The molecule has 0 spiro atoms. The zero-order chi connectivity index (χ0) is 15.1. The van der Waals surface area contributed by atoms with E-state index in [-0.39, 0.29) is 18.0 Å². The van der Waals surface area contributed by atoms with E-state index in [9.17, 15) is 9.90 Å². The molecule has 1 aliphatic carbocycles. The Balaban J connectivity index is 1.67. The van der Waals surface area contributed by atoms with Gasteiger partial charge in [0.15, 0.2) is 0 Å². The summed E-state index contributed by atoms with van der Waals surface area (Å²) in [5.41, 5.74) is 1.05. The van der Waals surface area contributed by atoms with Gasteiger partial charge in [0, 0.05) is 26.8 Å². The standard InChI is InChI=1S/C15H24N2O3S/c1-20-7-6-15(4-2-5-15)11-17-14(19)16-9-13(18)12-3-8-21-10-12/h3,8,10,13,18H,2,4-7,9,11H2,1H3,(H2,16,17,19). The molecule has 21 heavy (non-hydrogen) atoms. The fourth-order valence-corrected chi connectivity index (χ4v) is 3.32. The highest BCUT2D eigenvalue weighted by atomic mass is 32.1. The smallest absolute Gasteiger partial charge is 0.314 e. The first-order valence-corrected chi connectivity index (χ1v) is 8.30. The van der Waals surface area contributed by atoms with E-state index in [0.717, 1.165) is 31.4 Å². The average Bonchev–Trinajstić information content (AvgIpc) is 2.97. The number of aliphatic hydroxyl groups is 1. The van der Waals surface area contributed by atoms with Gasteiger partial charge in [0.2, 0.25) is 0 Å². The molecular formula is C15H24N2O3S. The molecule has 0 saturated heterocycles. The Morgan fingerprint density at radius 3 is 2.90 bits per heavy atom. The van der Waals surface area contributed by atoms with E-state index >= 15 is 0 Å². The van der Waals surface area contributed by atoms with Crippen LogP contribution in [-0.4, -0.2) is 37.9 Å². The maximum atomic E-state index is 11.8. The van der Waals surface area contributed by atoms with Crippen molar-refractivity contribution >= 4 is 17.4 Å². The molecule has 0 aromatic carbocycles. The molecule has 118 valence electrons. The van der Waals surface area contributed by atoms with Crippen molar-refractivity contribution in [2.24, 2.45) is 5.41 Å². The van der Waals surface area contributed by atoms with Crippen LogP contribution >= 0.6 is 11.3 Å². The third-order valence-corrected chi connectivity index (χ3v) is 4.96. The van der Waals surface area contributed by atoms with Gasteiger partial charge in [0.25, 0.3) is 0 Å².